The van der Waals surface area contributed by atoms with Crippen molar-refractivity contribution in [1.29, 1.82) is 21.2 Å². The number of rotatable bonds is 6. The van der Waals surface area contributed by atoms with Crippen LogP contribution in [0.4, 0.5) is 0 Å². The lowest BCUT2D eigenvalue weighted by atomic mass is 9.51. The molecule has 1 aliphatic carbocycles. The summed E-state index contributed by atoms with van der Waals surface area (Å²) in [5, 5.41) is 38.8. The first-order chi connectivity index (χ1) is 13.0. The van der Waals surface area contributed by atoms with Crippen molar-refractivity contribution >= 4 is 5.90 Å². The summed E-state index contributed by atoms with van der Waals surface area (Å²) in [7, 11) is 0. The first-order valence-corrected chi connectivity index (χ1v) is 10.2. The number of nitrogens with zero attached hydrogens (tertiary/aromatic N) is 3. The molecular weight excluding hydrogens is 340 g/mol. The summed E-state index contributed by atoms with van der Waals surface area (Å²) in [6.07, 6.45) is 7.20. The van der Waals surface area contributed by atoms with E-state index in [1.54, 1.807) is 0 Å². The Bertz CT molecular complexity index is 716. The Morgan fingerprint density at radius 1 is 1.11 bits per heavy atom. The third kappa shape index (κ3) is 2.56. The van der Waals surface area contributed by atoms with Crippen molar-refractivity contribution < 1.29 is 9.47 Å². The van der Waals surface area contributed by atoms with Gasteiger partial charge in [0.05, 0.1) is 30.2 Å². The van der Waals surface area contributed by atoms with Crippen molar-refractivity contribution in [2.24, 2.45) is 22.7 Å². The van der Waals surface area contributed by atoms with Crippen LogP contribution in [0.2, 0.25) is 0 Å². The van der Waals surface area contributed by atoms with Crippen LogP contribution in [-0.2, 0) is 9.47 Å². The predicted octanol–water partition coefficient (Wildman–Crippen LogP) is 4.43. The zero-order valence-corrected chi connectivity index (χ0v) is 16.3. The van der Waals surface area contributed by atoms with Gasteiger partial charge in [0.1, 0.15) is 0 Å². The van der Waals surface area contributed by atoms with E-state index in [0.29, 0.717) is 25.2 Å². The van der Waals surface area contributed by atoms with E-state index < -0.39 is 28.6 Å². The van der Waals surface area contributed by atoms with Gasteiger partial charge in [-0.05, 0) is 25.2 Å². The predicted molar refractivity (Wildman–Crippen MR) is 98.0 cm³/mol. The molecule has 27 heavy (non-hydrogen) atoms. The van der Waals surface area contributed by atoms with Crippen molar-refractivity contribution in [1.82, 2.24) is 0 Å². The Morgan fingerprint density at radius 2 is 1.81 bits per heavy atom. The summed E-state index contributed by atoms with van der Waals surface area (Å²) >= 11 is 0. The number of unbranched alkanes of at least 4 members (excludes halogenated alkanes) is 4. The zero-order chi connectivity index (χ0) is 19.7. The maximum Gasteiger partial charge on any atom is 0.217 e. The molecule has 3 rings (SSSR count). The molecule has 0 aromatic heterocycles. The highest BCUT2D eigenvalue weighted by Crippen LogP contribution is 2.67. The first kappa shape index (κ1) is 19.7. The Morgan fingerprint density at radius 3 is 2.44 bits per heavy atom. The lowest BCUT2D eigenvalue weighted by Crippen LogP contribution is -2.63. The van der Waals surface area contributed by atoms with Crippen molar-refractivity contribution in [3.8, 4) is 18.2 Å². The van der Waals surface area contributed by atoms with Crippen LogP contribution < -0.4 is 0 Å². The monoisotopic (exact) mass is 368 g/mol. The molecule has 0 radical (unpaired) electrons. The van der Waals surface area contributed by atoms with Crippen LogP contribution in [0.15, 0.2) is 0 Å². The molecule has 2 heterocycles. The van der Waals surface area contributed by atoms with Crippen LogP contribution in [0.1, 0.15) is 71.6 Å². The summed E-state index contributed by atoms with van der Waals surface area (Å²) in [6.45, 7) is 4.25. The van der Waals surface area contributed by atoms with Gasteiger partial charge in [-0.2, -0.15) is 15.8 Å². The summed E-state index contributed by atoms with van der Waals surface area (Å²) < 4.78 is 12.2. The molecule has 6 nitrogen and oxygen atoms in total. The topological polar surface area (TPSA) is 114 Å². The molecule has 2 saturated heterocycles. The maximum absolute atomic E-state index is 10.2. The Kier molecular flexibility index (Phi) is 5.20. The van der Waals surface area contributed by atoms with Gasteiger partial charge in [-0.3, -0.25) is 5.41 Å². The summed E-state index contributed by atoms with van der Waals surface area (Å²) in [4.78, 5) is 0. The van der Waals surface area contributed by atoms with Gasteiger partial charge < -0.3 is 9.47 Å². The van der Waals surface area contributed by atoms with E-state index >= 15 is 0 Å². The van der Waals surface area contributed by atoms with Gasteiger partial charge in [0, 0.05) is 6.42 Å². The molecular formula is C21H28N4O2. The van der Waals surface area contributed by atoms with Crippen molar-refractivity contribution in [2.75, 3.05) is 0 Å². The van der Waals surface area contributed by atoms with E-state index in [1.807, 2.05) is 0 Å². The van der Waals surface area contributed by atoms with Crippen LogP contribution in [-0.4, -0.2) is 17.8 Å². The zero-order valence-electron chi connectivity index (χ0n) is 16.3. The molecule has 5 unspecified atom stereocenters. The molecule has 2 aliphatic heterocycles. The van der Waals surface area contributed by atoms with E-state index in [1.165, 1.54) is 0 Å². The quantitative estimate of drug-likeness (QED) is 0.697. The number of nitriles is 3. The first-order valence-electron chi connectivity index (χ1n) is 10.2. The van der Waals surface area contributed by atoms with E-state index in [-0.39, 0.29) is 5.90 Å². The Balaban J connectivity index is 1.99. The highest BCUT2D eigenvalue weighted by atomic mass is 16.7. The average molecular weight is 368 g/mol. The number of ether oxygens (including phenoxy) is 2. The second-order valence-electron chi connectivity index (χ2n) is 8.44. The molecule has 3 fully saturated rings. The van der Waals surface area contributed by atoms with Crippen LogP contribution in [0.25, 0.3) is 0 Å². The standard InChI is InChI=1S/C21H28N4O2/c1-3-4-5-6-7-8-17-19(12-22,13-23)20(14-24)16-11-15(2)9-10-21(16,26-17)27-18(20)25/h15-17,25H,3-11H2,1-2H3. The molecule has 1 saturated carbocycles. The van der Waals surface area contributed by atoms with Gasteiger partial charge in [0.2, 0.25) is 11.7 Å². The van der Waals surface area contributed by atoms with E-state index in [4.69, 9.17) is 14.9 Å². The van der Waals surface area contributed by atoms with E-state index in [0.717, 1.165) is 38.5 Å². The lowest BCUT2D eigenvalue weighted by Gasteiger charge is -2.52. The van der Waals surface area contributed by atoms with Crippen molar-refractivity contribution in [2.45, 2.75) is 83.5 Å². The van der Waals surface area contributed by atoms with Crippen molar-refractivity contribution in [3.05, 3.63) is 0 Å². The second-order valence-corrected chi connectivity index (χ2v) is 8.44. The van der Waals surface area contributed by atoms with Crippen LogP contribution >= 0.6 is 0 Å². The van der Waals surface area contributed by atoms with Crippen LogP contribution in [0.3, 0.4) is 0 Å². The smallest absolute Gasteiger partial charge is 0.217 e. The van der Waals surface area contributed by atoms with Crippen LogP contribution in [0, 0.1) is 62.1 Å². The minimum atomic E-state index is -1.70. The SMILES string of the molecule is CCCCCCCC1OC23CCC(C)CC2C(C#N)(C(=N)O3)C1(C#N)C#N. The summed E-state index contributed by atoms with van der Waals surface area (Å²) in [6, 6.07) is 6.50. The minimum Gasteiger partial charge on any atom is -0.447 e. The minimum absolute atomic E-state index is 0.249. The van der Waals surface area contributed by atoms with Gasteiger partial charge in [-0.25, -0.2) is 0 Å². The fourth-order valence-corrected chi connectivity index (χ4v) is 5.33. The van der Waals surface area contributed by atoms with Gasteiger partial charge >= 0.3 is 0 Å². The van der Waals surface area contributed by atoms with Gasteiger partial charge in [-0.15, -0.1) is 0 Å². The Labute approximate surface area is 161 Å². The fraction of sp³-hybridized carbons (Fsp3) is 0.810. The molecule has 0 aromatic rings. The van der Waals surface area contributed by atoms with Gasteiger partial charge in [0.25, 0.3) is 0 Å². The summed E-state index contributed by atoms with van der Waals surface area (Å²) in [5.74, 6) is -1.37. The molecule has 0 amide bonds. The maximum atomic E-state index is 10.2. The lowest BCUT2D eigenvalue weighted by molar-refractivity contribution is -0.296. The highest BCUT2D eigenvalue weighted by Gasteiger charge is 2.80. The van der Waals surface area contributed by atoms with Gasteiger partial charge in [0.15, 0.2) is 10.8 Å². The number of nitrogens with one attached hydrogen (secondary N) is 1. The summed E-state index contributed by atoms with van der Waals surface area (Å²) in [5.41, 5.74) is -3.25. The largest absolute Gasteiger partial charge is 0.447 e. The molecule has 6 heteroatoms. The molecule has 0 spiro atoms. The van der Waals surface area contributed by atoms with E-state index in [2.05, 4.69) is 32.1 Å². The molecule has 3 aliphatic rings. The average Bonchev–Trinajstić information content (AvgIpc) is 2.86. The number of hydrogen-bond acceptors (Lipinski definition) is 6. The molecule has 5 atom stereocenters. The Hall–Kier alpha value is -2.10. The second kappa shape index (κ2) is 7.14. The molecule has 144 valence electrons. The third-order valence-corrected chi connectivity index (χ3v) is 6.86. The van der Waals surface area contributed by atoms with Crippen molar-refractivity contribution in [3.63, 3.8) is 0 Å². The normalized spacial score (nSPS) is 38.8. The third-order valence-electron chi connectivity index (χ3n) is 6.86. The molecule has 1 N–H and O–H groups in total. The van der Waals surface area contributed by atoms with Crippen LogP contribution in [0.5, 0.6) is 0 Å². The molecule has 2 bridgehead atoms. The van der Waals surface area contributed by atoms with Gasteiger partial charge in [-0.1, -0.05) is 46.0 Å². The number of hydrogen-bond donors (Lipinski definition) is 1. The fourth-order valence-electron chi connectivity index (χ4n) is 5.33. The van der Waals surface area contributed by atoms with E-state index in [9.17, 15) is 15.8 Å². The highest BCUT2D eigenvalue weighted by molar-refractivity contribution is 5.89. The molecule has 0 aromatic carbocycles.